The second-order valence-electron chi connectivity index (χ2n) is 5.78. The van der Waals surface area contributed by atoms with Gasteiger partial charge in [0, 0.05) is 0 Å². The van der Waals surface area contributed by atoms with E-state index in [0.717, 1.165) is 12.0 Å². The van der Waals surface area contributed by atoms with E-state index in [0.29, 0.717) is 11.4 Å². The molecule has 24 heavy (non-hydrogen) atoms. The van der Waals surface area contributed by atoms with Gasteiger partial charge in [0.05, 0.1) is 11.0 Å². The highest BCUT2D eigenvalue weighted by Crippen LogP contribution is 2.25. The van der Waals surface area contributed by atoms with Gasteiger partial charge in [-0.2, -0.15) is 5.10 Å². The lowest BCUT2D eigenvalue weighted by Gasteiger charge is -2.21. The summed E-state index contributed by atoms with van der Waals surface area (Å²) < 4.78 is 1.42. The van der Waals surface area contributed by atoms with Crippen molar-refractivity contribution in [2.24, 2.45) is 0 Å². The standard InChI is InChI=1S/C17H22N4O3/c1-5-15(14-9-7-6-8-10-14)18-17(22)13(4)20-12(3)16(21(23)24)11(2)19-20/h6-10,13,15H,5H2,1-4H3,(H,18,22). The monoisotopic (exact) mass is 330 g/mol. The molecule has 0 aliphatic carbocycles. The molecule has 0 fully saturated rings. The van der Waals surface area contributed by atoms with Crippen molar-refractivity contribution in [2.45, 2.75) is 46.2 Å². The topological polar surface area (TPSA) is 90.1 Å². The van der Waals surface area contributed by atoms with Crippen molar-refractivity contribution >= 4 is 11.6 Å². The molecule has 0 aliphatic rings. The first-order valence-electron chi connectivity index (χ1n) is 7.92. The second kappa shape index (κ2) is 7.25. The van der Waals surface area contributed by atoms with E-state index in [4.69, 9.17) is 0 Å². The second-order valence-corrected chi connectivity index (χ2v) is 5.78. The van der Waals surface area contributed by atoms with E-state index in [9.17, 15) is 14.9 Å². The lowest BCUT2D eigenvalue weighted by molar-refractivity contribution is -0.386. The van der Waals surface area contributed by atoms with Crippen LogP contribution in [0.25, 0.3) is 0 Å². The highest BCUT2D eigenvalue weighted by molar-refractivity contribution is 5.80. The van der Waals surface area contributed by atoms with E-state index in [1.807, 2.05) is 37.3 Å². The summed E-state index contributed by atoms with van der Waals surface area (Å²) in [7, 11) is 0. The van der Waals surface area contributed by atoms with Crippen LogP contribution in [0.4, 0.5) is 5.69 Å². The van der Waals surface area contributed by atoms with Crippen LogP contribution < -0.4 is 5.32 Å². The van der Waals surface area contributed by atoms with E-state index in [1.54, 1.807) is 20.8 Å². The van der Waals surface area contributed by atoms with E-state index < -0.39 is 11.0 Å². The lowest BCUT2D eigenvalue weighted by Crippen LogP contribution is -2.34. The predicted octanol–water partition coefficient (Wildman–Crippen LogP) is 3.24. The Bertz CT molecular complexity index is 740. The average Bonchev–Trinajstić information content (AvgIpc) is 2.87. The number of carbonyl (C=O) groups excluding carboxylic acids is 1. The number of nitrogens with zero attached hydrogens (tertiary/aromatic N) is 3. The number of rotatable bonds is 6. The first-order chi connectivity index (χ1) is 11.4. The van der Waals surface area contributed by atoms with Crippen molar-refractivity contribution in [3.8, 4) is 0 Å². The predicted molar refractivity (Wildman–Crippen MR) is 90.7 cm³/mol. The van der Waals surface area contributed by atoms with Crippen LogP contribution in [-0.2, 0) is 4.79 Å². The molecule has 2 aromatic rings. The largest absolute Gasteiger partial charge is 0.347 e. The summed E-state index contributed by atoms with van der Waals surface area (Å²) in [6.07, 6.45) is 0.750. The zero-order valence-electron chi connectivity index (χ0n) is 14.3. The molecule has 1 amide bonds. The SMILES string of the molecule is CCC(NC(=O)C(C)n1nc(C)c([N+](=O)[O-])c1C)c1ccccc1. The van der Waals surface area contributed by atoms with Crippen molar-refractivity contribution in [2.75, 3.05) is 0 Å². The Morgan fingerprint density at radius 2 is 1.96 bits per heavy atom. The van der Waals surface area contributed by atoms with Crippen molar-refractivity contribution in [3.05, 3.63) is 57.4 Å². The summed E-state index contributed by atoms with van der Waals surface area (Å²) in [5, 5.41) is 18.3. The van der Waals surface area contributed by atoms with Gasteiger partial charge < -0.3 is 5.32 Å². The Kier molecular flexibility index (Phi) is 5.33. The summed E-state index contributed by atoms with van der Waals surface area (Å²) in [5.41, 5.74) is 1.69. The number of aryl methyl sites for hydroxylation is 1. The van der Waals surface area contributed by atoms with Gasteiger partial charge in [-0.25, -0.2) is 0 Å². The number of amides is 1. The molecule has 1 aromatic heterocycles. The molecule has 2 unspecified atom stereocenters. The van der Waals surface area contributed by atoms with Gasteiger partial charge in [-0.1, -0.05) is 37.3 Å². The zero-order valence-corrected chi connectivity index (χ0v) is 14.3. The number of hydrogen-bond acceptors (Lipinski definition) is 4. The molecular formula is C17H22N4O3. The highest BCUT2D eigenvalue weighted by atomic mass is 16.6. The fraction of sp³-hybridized carbons (Fsp3) is 0.412. The van der Waals surface area contributed by atoms with Gasteiger partial charge in [0.1, 0.15) is 17.4 Å². The molecule has 128 valence electrons. The van der Waals surface area contributed by atoms with Gasteiger partial charge in [0.25, 0.3) is 0 Å². The average molecular weight is 330 g/mol. The quantitative estimate of drug-likeness (QED) is 0.650. The first kappa shape index (κ1) is 17.7. The minimum absolute atomic E-state index is 0.0373. The summed E-state index contributed by atoms with van der Waals surface area (Å²) >= 11 is 0. The summed E-state index contributed by atoms with van der Waals surface area (Å²) in [5.74, 6) is -0.216. The molecule has 2 rings (SSSR count). The number of hydrogen-bond donors (Lipinski definition) is 1. The van der Waals surface area contributed by atoms with Crippen LogP contribution in [0.15, 0.2) is 30.3 Å². The Morgan fingerprint density at radius 3 is 2.46 bits per heavy atom. The van der Waals surface area contributed by atoms with Crippen molar-refractivity contribution in [1.82, 2.24) is 15.1 Å². The summed E-state index contributed by atoms with van der Waals surface area (Å²) in [6, 6.07) is 8.98. The maximum atomic E-state index is 12.6. The third-order valence-electron chi connectivity index (χ3n) is 4.14. The highest BCUT2D eigenvalue weighted by Gasteiger charge is 2.27. The Labute approximate surface area is 140 Å². The maximum absolute atomic E-state index is 12.6. The Morgan fingerprint density at radius 1 is 1.33 bits per heavy atom. The minimum Gasteiger partial charge on any atom is -0.347 e. The first-order valence-corrected chi connectivity index (χ1v) is 7.92. The van der Waals surface area contributed by atoms with E-state index >= 15 is 0 Å². The van der Waals surface area contributed by atoms with Crippen LogP contribution in [-0.4, -0.2) is 20.6 Å². The number of nitro groups is 1. The number of nitrogens with one attached hydrogen (secondary N) is 1. The third-order valence-corrected chi connectivity index (χ3v) is 4.14. The van der Waals surface area contributed by atoms with Crippen molar-refractivity contribution < 1.29 is 9.72 Å². The number of carbonyl (C=O) groups is 1. The molecule has 0 saturated heterocycles. The van der Waals surface area contributed by atoms with Gasteiger partial charge in [-0.15, -0.1) is 0 Å². The molecule has 7 nitrogen and oxygen atoms in total. The molecule has 7 heteroatoms. The van der Waals surface area contributed by atoms with Crippen LogP contribution in [0, 0.1) is 24.0 Å². The molecule has 1 N–H and O–H groups in total. The molecule has 2 atom stereocenters. The van der Waals surface area contributed by atoms with Gasteiger partial charge in [0.15, 0.2) is 0 Å². The van der Waals surface area contributed by atoms with Crippen LogP contribution >= 0.6 is 0 Å². The van der Waals surface area contributed by atoms with Crippen molar-refractivity contribution in [3.63, 3.8) is 0 Å². The molecular weight excluding hydrogens is 308 g/mol. The molecule has 0 aliphatic heterocycles. The smallest absolute Gasteiger partial charge is 0.312 e. The van der Waals surface area contributed by atoms with Gasteiger partial charge in [-0.3, -0.25) is 19.6 Å². The van der Waals surface area contributed by atoms with Crippen LogP contribution in [0.3, 0.4) is 0 Å². The van der Waals surface area contributed by atoms with E-state index in [-0.39, 0.29) is 17.6 Å². The fourth-order valence-corrected chi connectivity index (χ4v) is 2.81. The fourth-order valence-electron chi connectivity index (χ4n) is 2.81. The Balaban J connectivity index is 2.21. The van der Waals surface area contributed by atoms with Gasteiger partial charge in [0.2, 0.25) is 5.91 Å². The molecule has 0 radical (unpaired) electrons. The Hall–Kier alpha value is -2.70. The van der Waals surface area contributed by atoms with Crippen LogP contribution in [0.2, 0.25) is 0 Å². The van der Waals surface area contributed by atoms with E-state index in [2.05, 4.69) is 10.4 Å². The van der Waals surface area contributed by atoms with Gasteiger partial charge in [-0.05, 0) is 32.8 Å². The summed E-state index contributed by atoms with van der Waals surface area (Å²) in [4.78, 5) is 23.2. The van der Waals surface area contributed by atoms with Crippen molar-refractivity contribution in [1.29, 1.82) is 0 Å². The minimum atomic E-state index is -0.629. The maximum Gasteiger partial charge on any atom is 0.312 e. The van der Waals surface area contributed by atoms with Gasteiger partial charge >= 0.3 is 5.69 Å². The number of aromatic nitrogens is 2. The molecule has 1 heterocycles. The number of benzene rings is 1. The molecule has 0 bridgehead atoms. The molecule has 0 saturated carbocycles. The third kappa shape index (κ3) is 3.45. The zero-order chi connectivity index (χ0) is 17.9. The van der Waals surface area contributed by atoms with Crippen LogP contribution in [0.1, 0.15) is 49.3 Å². The molecule has 0 spiro atoms. The summed E-state index contributed by atoms with van der Waals surface area (Å²) in [6.45, 7) is 6.87. The van der Waals surface area contributed by atoms with E-state index in [1.165, 1.54) is 4.68 Å². The van der Waals surface area contributed by atoms with Crippen LogP contribution in [0.5, 0.6) is 0 Å². The molecule has 1 aromatic carbocycles. The lowest BCUT2D eigenvalue weighted by atomic mass is 10.0. The normalized spacial score (nSPS) is 13.3.